The molecule has 6 heteroatoms. The zero-order valence-electron chi connectivity index (χ0n) is 9.47. The number of nitrogens with one attached hydrogen (secondary N) is 1. The van der Waals surface area contributed by atoms with Crippen LogP contribution in [0.1, 0.15) is 11.1 Å². The third kappa shape index (κ3) is 3.22. The number of rotatable bonds is 5. The lowest BCUT2D eigenvalue weighted by molar-refractivity contribution is 0.561. The first-order valence-corrected chi connectivity index (χ1v) is 7.88. The molecule has 96 valence electrons. The number of alkyl halides is 1. The minimum Gasteiger partial charge on any atom is -0.472 e. The summed E-state index contributed by atoms with van der Waals surface area (Å²) in [6.45, 7) is 0.221. The van der Waals surface area contributed by atoms with Gasteiger partial charge in [-0.05, 0) is 23.8 Å². The molecule has 1 N–H and O–H groups in total. The van der Waals surface area contributed by atoms with Crippen LogP contribution in [0.4, 0.5) is 0 Å². The number of furan rings is 1. The smallest absolute Gasteiger partial charge is 0.240 e. The molecule has 0 amide bonds. The minimum absolute atomic E-state index is 0.221. The zero-order chi connectivity index (χ0) is 13.0. The SMILES string of the molecule is O=S(=O)(NCc1ccoc1)c1ccc(CBr)cc1. The van der Waals surface area contributed by atoms with Crippen molar-refractivity contribution < 1.29 is 12.8 Å². The summed E-state index contributed by atoms with van der Waals surface area (Å²) in [7, 11) is -3.47. The molecule has 0 saturated heterocycles. The van der Waals surface area contributed by atoms with Crippen molar-refractivity contribution >= 4 is 26.0 Å². The fraction of sp³-hybridized carbons (Fsp3) is 0.167. The van der Waals surface area contributed by atoms with Crippen LogP contribution in [-0.4, -0.2) is 8.42 Å². The van der Waals surface area contributed by atoms with Crippen molar-refractivity contribution in [2.24, 2.45) is 0 Å². The van der Waals surface area contributed by atoms with Crippen molar-refractivity contribution in [2.75, 3.05) is 0 Å². The summed E-state index contributed by atoms with van der Waals surface area (Å²) in [6.07, 6.45) is 3.02. The van der Waals surface area contributed by atoms with Crippen LogP contribution in [-0.2, 0) is 21.9 Å². The molecule has 0 bridgehead atoms. The van der Waals surface area contributed by atoms with Gasteiger partial charge in [0.15, 0.2) is 0 Å². The number of hydrogen-bond donors (Lipinski definition) is 1. The summed E-state index contributed by atoms with van der Waals surface area (Å²) in [5, 5.41) is 0.704. The molecule has 2 rings (SSSR count). The maximum Gasteiger partial charge on any atom is 0.240 e. The highest BCUT2D eigenvalue weighted by atomic mass is 79.9. The van der Waals surface area contributed by atoms with E-state index in [2.05, 4.69) is 20.7 Å². The van der Waals surface area contributed by atoms with Crippen molar-refractivity contribution in [2.45, 2.75) is 16.8 Å². The Balaban J connectivity index is 2.09. The lowest BCUT2D eigenvalue weighted by Crippen LogP contribution is -2.22. The van der Waals surface area contributed by atoms with Gasteiger partial charge in [0.05, 0.1) is 17.4 Å². The van der Waals surface area contributed by atoms with Gasteiger partial charge < -0.3 is 4.42 Å². The van der Waals surface area contributed by atoms with Gasteiger partial charge in [-0.2, -0.15) is 0 Å². The summed E-state index contributed by atoms with van der Waals surface area (Å²) in [5.74, 6) is 0. The Labute approximate surface area is 114 Å². The molecule has 2 aromatic rings. The normalized spacial score (nSPS) is 11.6. The highest BCUT2D eigenvalue weighted by Gasteiger charge is 2.13. The highest BCUT2D eigenvalue weighted by molar-refractivity contribution is 9.08. The van der Waals surface area contributed by atoms with Crippen LogP contribution in [0, 0.1) is 0 Å². The average Bonchev–Trinajstić information content (AvgIpc) is 2.90. The van der Waals surface area contributed by atoms with E-state index in [-0.39, 0.29) is 11.4 Å². The van der Waals surface area contributed by atoms with Crippen LogP contribution >= 0.6 is 15.9 Å². The van der Waals surface area contributed by atoms with Crippen LogP contribution < -0.4 is 4.72 Å². The predicted octanol–water partition coefficient (Wildman–Crippen LogP) is 2.65. The van der Waals surface area contributed by atoms with Gasteiger partial charge in [-0.1, -0.05) is 28.1 Å². The molecule has 4 nitrogen and oxygen atoms in total. The van der Waals surface area contributed by atoms with Crippen molar-refractivity contribution in [3.05, 3.63) is 54.0 Å². The van der Waals surface area contributed by atoms with Crippen LogP contribution in [0.3, 0.4) is 0 Å². The van der Waals surface area contributed by atoms with Gasteiger partial charge in [0.2, 0.25) is 10.0 Å². The first kappa shape index (κ1) is 13.3. The quantitative estimate of drug-likeness (QED) is 0.858. The summed E-state index contributed by atoms with van der Waals surface area (Å²) in [5.41, 5.74) is 1.82. The standard InChI is InChI=1S/C12H12BrNO3S/c13-7-10-1-3-12(4-2-10)18(15,16)14-8-11-5-6-17-9-11/h1-6,9,14H,7-8H2. The van der Waals surface area contributed by atoms with E-state index < -0.39 is 10.0 Å². The number of hydrogen-bond acceptors (Lipinski definition) is 3. The van der Waals surface area contributed by atoms with Gasteiger partial charge >= 0.3 is 0 Å². The number of sulfonamides is 1. The van der Waals surface area contributed by atoms with Crippen molar-refractivity contribution in [3.63, 3.8) is 0 Å². The zero-order valence-corrected chi connectivity index (χ0v) is 11.9. The maximum absolute atomic E-state index is 12.0. The highest BCUT2D eigenvalue weighted by Crippen LogP contribution is 2.13. The van der Waals surface area contributed by atoms with E-state index in [1.807, 2.05) is 0 Å². The molecule has 1 heterocycles. The van der Waals surface area contributed by atoms with Gasteiger partial charge in [-0.25, -0.2) is 13.1 Å². The Morgan fingerprint density at radius 3 is 2.39 bits per heavy atom. The summed E-state index contributed by atoms with van der Waals surface area (Å²) >= 11 is 3.31. The summed E-state index contributed by atoms with van der Waals surface area (Å²) in [6, 6.07) is 8.46. The topological polar surface area (TPSA) is 59.3 Å². The first-order valence-electron chi connectivity index (χ1n) is 5.27. The molecule has 0 aliphatic rings. The Hall–Kier alpha value is -1.11. The molecule has 0 aliphatic heterocycles. The molecule has 0 radical (unpaired) electrons. The Kier molecular flexibility index (Phi) is 4.21. The third-order valence-electron chi connectivity index (χ3n) is 2.43. The second-order valence-electron chi connectivity index (χ2n) is 3.73. The van der Waals surface area contributed by atoms with Gasteiger partial charge in [0, 0.05) is 17.4 Å². The van der Waals surface area contributed by atoms with Gasteiger partial charge in [0.1, 0.15) is 0 Å². The van der Waals surface area contributed by atoms with E-state index in [0.29, 0.717) is 5.33 Å². The first-order chi connectivity index (χ1) is 8.62. The largest absolute Gasteiger partial charge is 0.472 e. The fourth-order valence-corrected chi connectivity index (χ4v) is 2.80. The van der Waals surface area contributed by atoms with E-state index >= 15 is 0 Å². The lowest BCUT2D eigenvalue weighted by atomic mass is 10.2. The van der Waals surface area contributed by atoms with Crippen LogP contribution in [0.15, 0.2) is 52.2 Å². The Bertz CT molecular complexity index is 591. The van der Waals surface area contributed by atoms with Gasteiger partial charge in [-0.3, -0.25) is 0 Å². The summed E-state index contributed by atoms with van der Waals surface area (Å²) < 4.78 is 31.3. The molecule has 0 aliphatic carbocycles. The van der Waals surface area contributed by atoms with Crippen LogP contribution in [0.2, 0.25) is 0 Å². The molecular formula is C12H12BrNO3S. The predicted molar refractivity (Wildman–Crippen MR) is 71.8 cm³/mol. The monoisotopic (exact) mass is 329 g/mol. The Morgan fingerprint density at radius 1 is 1.11 bits per heavy atom. The average molecular weight is 330 g/mol. The molecule has 0 fully saturated rings. The Morgan fingerprint density at radius 2 is 1.83 bits per heavy atom. The van der Waals surface area contributed by atoms with E-state index in [9.17, 15) is 8.42 Å². The second kappa shape index (κ2) is 5.69. The maximum atomic E-state index is 12.0. The van der Waals surface area contributed by atoms with E-state index in [1.54, 1.807) is 30.3 Å². The molecule has 0 unspecified atom stereocenters. The van der Waals surface area contributed by atoms with E-state index in [4.69, 9.17) is 4.42 Å². The number of halogens is 1. The number of benzene rings is 1. The molecular weight excluding hydrogens is 318 g/mol. The van der Waals surface area contributed by atoms with E-state index in [0.717, 1.165) is 11.1 Å². The van der Waals surface area contributed by atoms with Crippen molar-refractivity contribution in [1.29, 1.82) is 0 Å². The second-order valence-corrected chi connectivity index (χ2v) is 6.06. The molecule has 0 spiro atoms. The molecule has 18 heavy (non-hydrogen) atoms. The van der Waals surface area contributed by atoms with Gasteiger partial charge in [-0.15, -0.1) is 0 Å². The summed E-state index contributed by atoms with van der Waals surface area (Å²) in [4.78, 5) is 0.260. The van der Waals surface area contributed by atoms with Crippen LogP contribution in [0.25, 0.3) is 0 Å². The van der Waals surface area contributed by atoms with Crippen molar-refractivity contribution in [1.82, 2.24) is 4.72 Å². The molecule has 0 saturated carbocycles. The van der Waals surface area contributed by atoms with Crippen LogP contribution in [0.5, 0.6) is 0 Å². The molecule has 1 aromatic heterocycles. The van der Waals surface area contributed by atoms with Crippen molar-refractivity contribution in [3.8, 4) is 0 Å². The molecule has 0 atom stereocenters. The third-order valence-corrected chi connectivity index (χ3v) is 4.50. The lowest BCUT2D eigenvalue weighted by Gasteiger charge is -2.06. The fourth-order valence-electron chi connectivity index (χ4n) is 1.41. The van der Waals surface area contributed by atoms with Gasteiger partial charge in [0.25, 0.3) is 0 Å². The molecule has 1 aromatic carbocycles. The minimum atomic E-state index is -3.47. The van der Waals surface area contributed by atoms with E-state index in [1.165, 1.54) is 12.5 Å².